The third-order valence-electron chi connectivity index (χ3n) is 4.11. The second kappa shape index (κ2) is 8.20. The number of nitrogens with one attached hydrogen (secondary N) is 1. The Labute approximate surface area is 127 Å². The molecule has 5 nitrogen and oxygen atoms in total. The van der Waals surface area contributed by atoms with Crippen LogP contribution in [0.4, 0.5) is 0 Å². The number of amides is 1. The van der Waals surface area contributed by atoms with Gasteiger partial charge in [-0.3, -0.25) is 4.79 Å². The smallest absolute Gasteiger partial charge is 0.270 e. The molecular formula is C16H27N3O2. The Morgan fingerprint density at radius 2 is 2.38 bits per heavy atom. The van der Waals surface area contributed by atoms with Gasteiger partial charge in [-0.25, -0.2) is 0 Å². The van der Waals surface area contributed by atoms with Crippen LogP contribution in [0, 0.1) is 0 Å². The summed E-state index contributed by atoms with van der Waals surface area (Å²) in [5.74, 6) is 0.117. The lowest BCUT2D eigenvalue weighted by Gasteiger charge is -2.30. The molecule has 1 amide bonds. The number of hydrogen-bond acceptors (Lipinski definition) is 3. The zero-order valence-corrected chi connectivity index (χ0v) is 13.2. The van der Waals surface area contributed by atoms with Gasteiger partial charge in [0, 0.05) is 39.0 Å². The molecule has 0 bridgehead atoms. The van der Waals surface area contributed by atoms with Gasteiger partial charge in [-0.2, -0.15) is 0 Å². The molecule has 1 atom stereocenters. The van der Waals surface area contributed by atoms with E-state index in [2.05, 4.69) is 5.32 Å². The number of carbonyl (C=O) groups excluding carboxylic acids is 1. The Kier molecular flexibility index (Phi) is 6.26. The number of piperidine rings is 1. The maximum Gasteiger partial charge on any atom is 0.270 e. The van der Waals surface area contributed by atoms with Gasteiger partial charge in [0.1, 0.15) is 5.69 Å². The number of aromatic nitrogens is 1. The van der Waals surface area contributed by atoms with Gasteiger partial charge in [-0.1, -0.05) is 6.42 Å². The van der Waals surface area contributed by atoms with E-state index >= 15 is 0 Å². The predicted octanol–water partition coefficient (Wildman–Crippen LogP) is 1.74. The van der Waals surface area contributed by atoms with Crippen LogP contribution >= 0.6 is 0 Å². The van der Waals surface area contributed by atoms with Gasteiger partial charge < -0.3 is 19.5 Å². The molecule has 118 valence electrons. The van der Waals surface area contributed by atoms with Crippen LogP contribution < -0.4 is 5.32 Å². The molecule has 1 saturated heterocycles. The Morgan fingerprint density at radius 3 is 3.05 bits per heavy atom. The van der Waals surface area contributed by atoms with Crippen molar-refractivity contribution in [2.24, 2.45) is 0 Å². The summed E-state index contributed by atoms with van der Waals surface area (Å²) in [6, 6.07) is 4.26. The number of rotatable bonds is 7. The van der Waals surface area contributed by atoms with E-state index in [1.165, 1.54) is 12.8 Å². The zero-order valence-electron chi connectivity index (χ0n) is 13.2. The number of ether oxygens (including phenoxy) is 1. The van der Waals surface area contributed by atoms with Crippen molar-refractivity contribution in [1.29, 1.82) is 0 Å². The molecule has 0 radical (unpaired) electrons. The minimum atomic E-state index is 0.117. The molecule has 21 heavy (non-hydrogen) atoms. The van der Waals surface area contributed by atoms with Crippen molar-refractivity contribution in [1.82, 2.24) is 14.8 Å². The maximum atomic E-state index is 12.7. The third kappa shape index (κ3) is 4.32. The first-order valence-corrected chi connectivity index (χ1v) is 7.93. The largest absolute Gasteiger partial charge is 0.383 e. The second-order valence-electron chi connectivity index (χ2n) is 5.57. The van der Waals surface area contributed by atoms with Crippen molar-refractivity contribution in [2.75, 3.05) is 33.4 Å². The SMILES string of the molecule is CCN(CC1CCCCN1)C(=O)c1cccn1CCOC. The summed E-state index contributed by atoms with van der Waals surface area (Å²) in [6.45, 7) is 5.98. The quantitative estimate of drug-likeness (QED) is 0.833. The minimum Gasteiger partial charge on any atom is -0.383 e. The van der Waals surface area contributed by atoms with Crippen molar-refractivity contribution in [3.63, 3.8) is 0 Å². The van der Waals surface area contributed by atoms with Gasteiger partial charge in [-0.05, 0) is 38.4 Å². The van der Waals surface area contributed by atoms with E-state index in [1.54, 1.807) is 7.11 Å². The summed E-state index contributed by atoms with van der Waals surface area (Å²) in [5, 5.41) is 3.51. The summed E-state index contributed by atoms with van der Waals surface area (Å²) < 4.78 is 7.08. The zero-order chi connectivity index (χ0) is 15.1. The molecule has 1 aromatic heterocycles. The fraction of sp³-hybridized carbons (Fsp3) is 0.688. The summed E-state index contributed by atoms with van der Waals surface area (Å²) in [6.07, 6.45) is 5.61. The highest BCUT2D eigenvalue weighted by Crippen LogP contribution is 2.12. The van der Waals surface area contributed by atoms with Crippen LogP contribution in [0.1, 0.15) is 36.7 Å². The molecule has 1 aliphatic heterocycles. The highest BCUT2D eigenvalue weighted by molar-refractivity contribution is 5.92. The lowest BCUT2D eigenvalue weighted by molar-refractivity contribution is 0.0728. The summed E-state index contributed by atoms with van der Waals surface area (Å²) >= 11 is 0. The number of hydrogen-bond donors (Lipinski definition) is 1. The normalized spacial score (nSPS) is 18.7. The maximum absolute atomic E-state index is 12.7. The first-order valence-electron chi connectivity index (χ1n) is 7.93. The van der Waals surface area contributed by atoms with Crippen molar-refractivity contribution in [2.45, 2.75) is 38.8 Å². The van der Waals surface area contributed by atoms with Gasteiger partial charge in [0.25, 0.3) is 5.91 Å². The summed E-state index contributed by atoms with van der Waals surface area (Å²) in [5.41, 5.74) is 0.754. The van der Waals surface area contributed by atoms with Crippen LogP contribution in [0.15, 0.2) is 18.3 Å². The van der Waals surface area contributed by atoms with E-state index < -0.39 is 0 Å². The highest BCUT2D eigenvalue weighted by Gasteiger charge is 2.22. The van der Waals surface area contributed by atoms with E-state index in [1.807, 2.05) is 34.7 Å². The highest BCUT2D eigenvalue weighted by atomic mass is 16.5. The molecule has 2 heterocycles. The molecule has 1 unspecified atom stereocenters. The van der Waals surface area contributed by atoms with Crippen molar-refractivity contribution in [3.05, 3.63) is 24.0 Å². The van der Waals surface area contributed by atoms with E-state index in [0.717, 1.165) is 31.7 Å². The van der Waals surface area contributed by atoms with Crippen LogP contribution in [-0.4, -0.2) is 54.8 Å². The lowest BCUT2D eigenvalue weighted by Crippen LogP contribution is -2.46. The van der Waals surface area contributed by atoms with Crippen molar-refractivity contribution < 1.29 is 9.53 Å². The summed E-state index contributed by atoms with van der Waals surface area (Å²) in [7, 11) is 1.68. The molecule has 0 aliphatic carbocycles. The lowest BCUT2D eigenvalue weighted by atomic mass is 10.0. The molecule has 0 saturated carbocycles. The Morgan fingerprint density at radius 1 is 1.52 bits per heavy atom. The van der Waals surface area contributed by atoms with Crippen molar-refractivity contribution >= 4 is 5.91 Å². The average molecular weight is 293 g/mol. The Bertz CT molecular complexity index is 438. The third-order valence-corrected chi connectivity index (χ3v) is 4.11. The average Bonchev–Trinajstić information content (AvgIpc) is 2.99. The van der Waals surface area contributed by atoms with Crippen LogP contribution in [0.3, 0.4) is 0 Å². The number of carbonyl (C=O) groups is 1. The van der Waals surface area contributed by atoms with Gasteiger partial charge in [0.05, 0.1) is 6.61 Å². The molecule has 2 rings (SSSR count). The molecule has 1 aliphatic rings. The van der Waals surface area contributed by atoms with Crippen LogP contribution in [0.2, 0.25) is 0 Å². The molecular weight excluding hydrogens is 266 g/mol. The topological polar surface area (TPSA) is 46.5 Å². The second-order valence-corrected chi connectivity index (χ2v) is 5.57. The molecule has 0 aromatic carbocycles. The standard InChI is InChI=1S/C16H27N3O2/c1-3-18(13-14-7-4-5-9-17-14)16(20)15-8-6-10-19(15)11-12-21-2/h6,8,10,14,17H,3-5,7,9,11-13H2,1-2H3. The first-order chi connectivity index (χ1) is 10.3. The van der Waals surface area contributed by atoms with E-state index in [-0.39, 0.29) is 5.91 Å². The molecule has 1 aromatic rings. The summed E-state index contributed by atoms with van der Waals surface area (Å²) in [4.78, 5) is 14.7. The van der Waals surface area contributed by atoms with Crippen LogP contribution in [0.25, 0.3) is 0 Å². The number of methoxy groups -OCH3 is 1. The molecule has 5 heteroatoms. The first kappa shape index (κ1) is 16.0. The van der Waals surface area contributed by atoms with Crippen LogP contribution in [0.5, 0.6) is 0 Å². The van der Waals surface area contributed by atoms with E-state index in [9.17, 15) is 4.79 Å². The van der Waals surface area contributed by atoms with Gasteiger partial charge in [-0.15, -0.1) is 0 Å². The van der Waals surface area contributed by atoms with E-state index in [0.29, 0.717) is 19.2 Å². The Hall–Kier alpha value is -1.33. The fourth-order valence-corrected chi connectivity index (χ4v) is 2.86. The monoisotopic (exact) mass is 293 g/mol. The number of likely N-dealkylation sites (N-methyl/N-ethyl adjacent to an activating group) is 1. The molecule has 1 N–H and O–H groups in total. The van der Waals surface area contributed by atoms with Crippen molar-refractivity contribution in [3.8, 4) is 0 Å². The predicted molar refractivity (Wildman–Crippen MR) is 83.5 cm³/mol. The van der Waals surface area contributed by atoms with E-state index in [4.69, 9.17) is 4.74 Å². The molecule has 0 spiro atoms. The number of nitrogens with zero attached hydrogens (tertiary/aromatic N) is 2. The van der Waals surface area contributed by atoms with Gasteiger partial charge in [0.2, 0.25) is 0 Å². The van der Waals surface area contributed by atoms with Gasteiger partial charge >= 0.3 is 0 Å². The molecule has 1 fully saturated rings. The fourth-order valence-electron chi connectivity index (χ4n) is 2.86. The minimum absolute atomic E-state index is 0.117. The Balaban J connectivity index is 2.00. The van der Waals surface area contributed by atoms with Crippen LogP contribution in [-0.2, 0) is 11.3 Å². The van der Waals surface area contributed by atoms with Gasteiger partial charge in [0.15, 0.2) is 0 Å².